The number of halogens is 2. The summed E-state index contributed by atoms with van der Waals surface area (Å²) in [6.07, 6.45) is -0.404. The van der Waals surface area contributed by atoms with Gasteiger partial charge in [0.05, 0.1) is 11.8 Å². The van der Waals surface area contributed by atoms with Crippen LogP contribution in [-0.4, -0.2) is 33.0 Å². The topological polar surface area (TPSA) is 78.3 Å². The lowest BCUT2D eigenvalue weighted by molar-refractivity contribution is -0.119. The average molecular weight is 541 g/mol. The van der Waals surface area contributed by atoms with Gasteiger partial charge in [0.15, 0.2) is 17.1 Å². The third-order valence-electron chi connectivity index (χ3n) is 5.58. The minimum Gasteiger partial charge on any atom is -0.491 e. The van der Waals surface area contributed by atoms with Crippen LogP contribution in [0.1, 0.15) is 30.5 Å². The maximum Gasteiger partial charge on any atom is 0.231 e. The molecule has 1 aliphatic rings. The van der Waals surface area contributed by atoms with Gasteiger partial charge in [-0.25, -0.2) is 0 Å². The number of carbonyl (C=O) groups excluding carboxylic acids is 1. The standard InChI is InChI=1S/C26H22Cl2N4O3S/c1-16(35-20-10-7-17(27)8-11-20)25-30-31-26(32(25)19-5-3-2-4-6-19)36-15-24(33)29-22-14-34-23-12-9-18(28)13-21(22)23/h2-13,16,22H,14-15H2,1H3,(H,29,33)/t16-,22-/m0/s1. The monoisotopic (exact) mass is 540 g/mol. The van der Waals surface area contributed by atoms with Crippen LogP contribution in [0, 0.1) is 0 Å². The minimum atomic E-state index is -0.404. The second kappa shape index (κ2) is 10.8. The maximum absolute atomic E-state index is 12.8. The highest BCUT2D eigenvalue weighted by Crippen LogP contribution is 2.34. The van der Waals surface area contributed by atoms with E-state index in [4.69, 9.17) is 32.7 Å². The Bertz CT molecular complexity index is 1370. The zero-order valence-corrected chi connectivity index (χ0v) is 21.6. The number of amides is 1. The molecule has 1 N–H and O–H groups in total. The van der Waals surface area contributed by atoms with E-state index in [1.165, 1.54) is 11.8 Å². The first-order valence-corrected chi connectivity index (χ1v) is 13.0. The van der Waals surface area contributed by atoms with Gasteiger partial charge >= 0.3 is 0 Å². The van der Waals surface area contributed by atoms with Gasteiger partial charge in [-0.05, 0) is 61.5 Å². The Labute approximate surface area is 222 Å². The van der Waals surface area contributed by atoms with Crippen molar-refractivity contribution in [3.63, 3.8) is 0 Å². The van der Waals surface area contributed by atoms with E-state index in [-0.39, 0.29) is 17.7 Å². The summed E-state index contributed by atoms with van der Waals surface area (Å²) < 4.78 is 13.7. The average Bonchev–Trinajstić information content (AvgIpc) is 3.49. The molecule has 7 nitrogen and oxygen atoms in total. The van der Waals surface area contributed by atoms with E-state index in [9.17, 15) is 4.79 Å². The number of nitrogens with one attached hydrogen (secondary N) is 1. The van der Waals surface area contributed by atoms with Gasteiger partial charge in [-0.2, -0.15) is 0 Å². The molecule has 10 heteroatoms. The molecule has 2 heterocycles. The van der Waals surface area contributed by atoms with Crippen molar-refractivity contribution in [2.75, 3.05) is 12.4 Å². The quantitative estimate of drug-likeness (QED) is 0.274. The zero-order chi connectivity index (χ0) is 25.1. The summed E-state index contributed by atoms with van der Waals surface area (Å²) in [5.74, 6) is 2.04. The van der Waals surface area contributed by atoms with Gasteiger partial charge in [-0.15, -0.1) is 10.2 Å². The van der Waals surface area contributed by atoms with Crippen LogP contribution in [0.4, 0.5) is 0 Å². The molecule has 0 saturated carbocycles. The number of para-hydroxylation sites is 1. The number of fused-ring (bicyclic) bond motifs is 1. The molecular weight excluding hydrogens is 519 g/mol. The minimum absolute atomic E-state index is 0.143. The first kappa shape index (κ1) is 24.5. The highest BCUT2D eigenvalue weighted by molar-refractivity contribution is 7.99. The molecule has 0 bridgehead atoms. The van der Waals surface area contributed by atoms with Crippen LogP contribution in [0.15, 0.2) is 78.0 Å². The second-order valence-corrected chi connectivity index (χ2v) is 9.94. The van der Waals surface area contributed by atoms with Crippen molar-refractivity contribution in [2.45, 2.75) is 24.2 Å². The lowest BCUT2D eigenvalue weighted by Crippen LogP contribution is -2.30. The van der Waals surface area contributed by atoms with Crippen LogP contribution in [0.2, 0.25) is 10.0 Å². The van der Waals surface area contributed by atoms with Crippen LogP contribution in [0.25, 0.3) is 5.69 Å². The summed E-state index contributed by atoms with van der Waals surface area (Å²) in [5, 5.41) is 13.6. The van der Waals surface area contributed by atoms with Gasteiger partial charge in [0.1, 0.15) is 18.1 Å². The van der Waals surface area contributed by atoms with E-state index < -0.39 is 6.10 Å². The summed E-state index contributed by atoms with van der Waals surface area (Å²) in [6.45, 7) is 2.28. The van der Waals surface area contributed by atoms with Gasteiger partial charge in [-0.3, -0.25) is 9.36 Å². The van der Waals surface area contributed by atoms with E-state index in [0.29, 0.717) is 33.4 Å². The fourth-order valence-corrected chi connectivity index (χ4v) is 4.98. The van der Waals surface area contributed by atoms with Gasteiger partial charge in [0, 0.05) is 21.3 Å². The van der Waals surface area contributed by atoms with Crippen LogP contribution in [-0.2, 0) is 4.79 Å². The number of benzene rings is 3. The fraction of sp³-hybridized carbons (Fsp3) is 0.192. The van der Waals surface area contributed by atoms with Gasteiger partial charge < -0.3 is 14.8 Å². The molecule has 0 aliphatic carbocycles. The lowest BCUT2D eigenvalue weighted by Gasteiger charge is -2.17. The predicted octanol–water partition coefficient (Wildman–Crippen LogP) is 6.06. The number of hydrogen-bond acceptors (Lipinski definition) is 6. The van der Waals surface area contributed by atoms with Crippen molar-refractivity contribution in [1.29, 1.82) is 0 Å². The summed E-state index contributed by atoms with van der Waals surface area (Å²) >= 11 is 13.4. The van der Waals surface area contributed by atoms with Gasteiger partial charge in [-0.1, -0.05) is 53.2 Å². The van der Waals surface area contributed by atoms with Crippen LogP contribution in [0.5, 0.6) is 11.5 Å². The summed E-state index contributed by atoms with van der Waals surface area (Å²) in [4.78, 5) is 12.8. The molecule has 0 spiro atoms. The second-order valence-electron chi connectivity index (χ2n) is 8.13. The van der Waals surface area contributed by atoms with Crippen LogP contribution < -0.4 is 14.8 Å². The fourth-order valence-electron chi connectivity index (χ4n) is 3.90. The summed E-state index contributed by atoms with van der Waals surface area (Å²) in [7, 11) is 0. The smallest absolute Gasteiger partial charge is 0.231 e. The van der Waals surface area contributed by atoms with Crippen molar-refractivity contribution < 1.29 is 14.3 Å². The number of ether oxygens (including phenoxy) is 2. The highest BCUT2D eigenvalue weighted by Gasteiger charge is 2.27. The van der Waals surface area contributed by atoms with Crippen LogP contribution in [0.3, 0.4) is 0 Å². The molecule has 3 aromatic carbocycles. The van der Waals surface area contributed by atoms with Crippen LogP contribution >= 0.6 is 35.0 Å². The Morgan fingerprint density at radius 2 is 1.86 bits per heavy atom. The SMILES string of the molecule is C[C@H](Oc1ccc(Cl)cc1)c1nnc(SCC(=O)N[C@H]2COc3ccc(Cl)cc32)n1-c1ccccc1. The molecule has 1 aliphatic heterocycles. The Balaban J connectivity index is 1.32. The Kier molecular flexibility index (Phi) is 7.36. The first-order chi connectivity index (χ1) is 17.5. The first-order valence-electron chi connectivity index (χ1n) is 11.3. The number of carbonyl (C=O) groups is 1. The van der Waals surface area contributed by atoms with Crippen molar-refractivity contribution in [2.24, 2.45) is 0 Å². The third kappa shape index (κ3) is 5.46. The highest BCUT2D eigenvalue weighted by atomic mass is 35.5. The van der Waals surface area contributed by atoms with Crippen molar-refractivity contribution in [3.05, 3.63) is 94.2 Å². The molecular formula is C26H22Cl2N4O3S. The molecule has 0 unspecified atom stereocenters. The molecule has 1 amide bonds. The van der Waals surface area contributed by atoms with E-state index in [2.05, 4.69) is 15.5 Å². The largest absolute Gasteiger partial charge is 0.491 e. The number of nitrogens with zero attached hydrogens (tertiary/aromatic N) is 3. The summed E-state index contributed by atoms with van der Waals surface area (Å²) in [5.41, 5.74) is 1.75. The van der Waals surface area contributed by atoms with E-state index >= 15 is 0 Å². The van der Waals surface area contributed by atoms with Gasteiger partial charge in [0.25, 0.3) is 0 Å². The Morgan fingerprint density at radius 3 is 2.64 bits per heavy atom. The molecule has 36 heavy (non-hydrogen) atoms. The number of aromatic nitrogens is 3. The summed E-state index contributed by atoms with van der Waals surface area (Å²) in [6, 6.07) is 22.0. The molecule has 0 fully saturated rings. The zero-order valence-electron chi connectivity index (χ0n) is 19.2. The number of rotatable bonds is 8. The van der Waals surface area contributed by atoms with Crippen molar-refractivity contribution >= 4 is 40.9 Å². The van der Waals surface area contributed by atoms with E-state index in [1.54, 1.807) is 30.3 Å². The third-order valence-corrected chi connectivity index (χ3v) is 7.00. The molecule has 0 saturated heterocycles. The molecule has 1 aromatic heterocycles. The van der Waals surface area contributed by atoms with Crippen molar-refractivity contribution in [3.8, 4) is 17.2 Å². The van der Waals surface area contributed by atoms with E-state index in [1.807, 2.05) is 54.0 Å². The number of hydrogen-bond donors (Lipinski definition) is 1. The maximum atomic E-state index is 12.8. The predicted molar refractivity (Wildman–Crippen MR) is 140 cm³/mol. The van der Waals surface area contributed by atoms with Gasteiger partial charge in [0.2, 0.25) is 5.91 Å². The molecule has 4 aromatic rings. The lowest BCUT2D eigenvalue weighted by atomic mass is 10.1. The molecule has 184 valence electrons. The van der Waals surface area contributed by atoms with Crippen molar-refractivity contribution in [1.82, 2.24) is 20.1 Å². The normalized spacial score (nSPS) is 15.1. The Hall–Kier alpha value is -3.20. The molecule has 5 rings (SSSR count). The molecule has 0 radical (unpaired) electrons. The number of thioether (sulfide) groups is 1. The van der Waals surface area contributed by atoms with E-state index in [0.717, 1.165) is 17.0 Å². The Morgan fingerprint density at radius 1 is 1.11 bits per heavy atom. The molecule has 2 atom stereocenters.